The molecule has 1 N–H and O–H groups in total. The molecule has 9 heteroatoms. The Hall–Kier alpha value is -3.85. The summed E-state index contributed by atoms with van der Waals surface area (Å²) in [5.74, 6) is -0.0819. The summed E-state index contributed by atoms with van der Waals surface area (Å²) in [5, 5.41) is 2.88. The second-order valence-electron chi connectivity index (χ2n) is 9.25. The number of rotatable bonds is 13. The van der Waals surface area contributed by atoms with E-state index in [-0.39, 0.29) is 17.3 Å². The number of nitrogens with one attached hydrogen (secondary N) is 1. The topological polar surface area (TPSA) is 96.0 Å². The summed E-state index contributed by atoms with van der Waals surface area (Å²) >= 11 is 0. The first-order chi connectivity index (χ1) is 18.7. The summed E-state index contributed by atoms with van der Waals surface area (Å²) in [5.41, 5.74) is 2.07. The maximum atomic E-state index is 14.0. The fraction of sp³-hybridized carbons (Fsp3) is 0.333. The third kappa shape index (κ3) is 7.60. The third-order valence-electron chi connectivity index (χ3n) is 6.38. The lowest BCUT2D eigenvalue weighted by atomic mass is 10.1. The van der Waals surface area contributed by atoms with Gasteiger partial charge in [0.1, 0.15) is 18.3 Å². The summed E-state index contributed by atoms with van der Waals surface area (Å²) in [6.45, 7) is 5.82. The molecule has 0 spiro atoms. The Morgan fingerprint density at radius 3 is 2.13 bits per heavy atom. The van der Waals surface area contributed by atoms with Crippen molar-refractivity contribution in [3.8, 4) is 5.75 Å². The molecule has 0 saturated heterocycles. The van der Waals surface area contributed by atoms with E-state index >= 15 is 0 Å². The molecule has 0 fully saturated rings. The molecule has 0 aliphatic heterocycles. The molecule has 3 aromatic rings. The van der Waals surface area contributed by atoms with Crippen LogP contribution < -0.4 is 14.4 Å². The van der Waals surface area contributed by atoms with Crippen molar-refractivity contribution in [2.24, 2.45) is 0 Å². The molecule has 1 atom stereocenters. The zero-order chi connectivity index (χ0) is 28.4. The number of hydrogen-bond acceptors (Lipinski definition) is 5. The molecular weight excluding hydrogens is 514 g/mol. The van der Waals surface area contributed by atoms with Crippen LogP contribution in [0.15, 0.2) is 83.8 Å². The van der Waals surface area contributed by atoms with Gasteiger partial charge in [0.25, 0.3) is 10.0 Å². The van der Waals surface area contributed by atoms with Crippen LogP contribution >= 0.6 is 0 Å². The molecular formula is C30H37N3O5S. The first kappa shape index (κ1) is 29.7. The van der Waals surface area contributed by atoms with Gasteiger partial charge in [-0.2, -0.15) is 0 Å². The normalized spacial score (nSPS) is 11.9. The fourth-order valence-electron chi connectivity index (χ4n) is 4.17. The standard InChI is InChI=1S/C30H37N3O5S/c1-5-20-31-30(35)28(6-2)32(21-24-14-16-26(38-4)17-15-24)29(34)22-33(25-10-8-7-9-11-25)39(36,37)27-18-12-23(3)13-19-27/h7-19,28H,5-6,20-22H2,1-4H3,(H,31,35)/t28-/m1/s1. The molecule has 0 heterocycles. The second-order valence-corrected chi connectivity index (χ2v) is 11.1. The van der Waals surface area contributed by atoms with E-state index in [2.05, 4.69) is 5.32 Å². The molecule has 8 nitrogen and oxygen atoms in total. The van der Waals surface area contributed by atoms with E-state index < -0.39 is 28.5 Å². The van der Waals surface area contributed by atoms with Crippen LogP contribution in [0.5, 0.6) is 5.75 Å². The number of benzene rings is 3. The van der Waals surface area contributed by atoms with Crippen LogP contribution in [0.2, 0.25) is 0 Å². The van der Waals surface area contributed by atoms with E-state index in [1.54, 1.807) is 61.7 Å². The zero-order valence-corrected chi connectivity index (χ0v) is 23.8. The number of methoxy groups -OCH3 is 1. The van der Waals surface area contributed by atoms with Gasteiger partial charge >= 0.3 is 0 Å². The van der Waals surface area contributed by atoms with E-state index in [1.807, 2.05) is 32.9 Å². The van der Waals surface area contributed by atoms with Crippen molar-refractivity contribution in [1.82, 2.24) is 10.2 Å². The average molecular weight is 552 g/mol. The van der Waals surface area contributed by atoms with E-state index in [9.17, 15) is 18.0 Å². The first-order valence-electron chi connectivity index (χ1n) is 13.1. The maximum absolute atomic E-state index is 14.0. The molecule has 0 aliphatic rings. The second kappa shape index (κ2) is 13.8. The maximum Gasteiger partial charge on any atom is 0.264 e. The molecule has 0 radical (unpaired) electrons. The van der Waals surface area contributed by atoms with Gasteiger partial charge in [0.2, 0.25) is 11.8 Å². The minimum absolute atomic E-state index is 0.0826. The van der Waals surface area contributed by atoms with E-state index in [0.717, 1.165) is 21.9 Å². The Kier molecular flexibility index (Phi) is 10.5. The van der Waals surface area contributed by atoms with Crippen LogP contribution in [-0.2, 0) is 26.2 Å². The Morgan fingerprint density at radius 1 is 0.923 bits per heavy atom. The number of hydrogen-bond donors (Lipinski definition) is 1. The van der Waals surface area contributed by atoms with Crippen LogP contribution in [0.1, 0.15) is 37.8 Å². The highest BCUT2D eigenvalue weighted by Crippen LogP contribution is 2.25. The SMILES string of the molecule is CCCNC(=O)[C@@H](CC)N(Cc1ccc(OC)cc1)C(=O)CN(c1ccccc1)S(=O)(=O)c1ccc(C)cc1. The van der Waals surface area contributed by atoms with Gasteiger partial charge in [-0.15, -0.1) is 0 Å². The molecule has 3 rings (SSSR count). The zero-order valence-electron chi connectivity index (χ0n) is 23.0. The first-order valence-corrected chi connectivity index (χ1v) is 14.5. The van der Waals surface area contributed by atoms with Gasteiger partial charge in [0.15, 0.2) is 0 Å². The molecule has 208 valence electrons. The van der Waals surface area contributed by atoms with Crippen LogP contribution in [0.4, 0.5) is 5.69 Å². The number of nitrogens with zero attached hydrogens (tertiary/aromatic N) is 2. The molecule has 0 aliphatic carbocycles. The largest absolute Gasteiger partial charge is 0.497 e. The number of sulfonamides is 1. The fourth-order valence-corrected chi connectivity index (χ4v) is 5.59. The number of carbonyl (C=O) groups is 2. The average Bonchev–Trinajstić information content (AvgIpc) is 2.95. The van der Waals surface area contributed by atoms with E-state index in [0.29, 0.717) is 24.4 Å². The highest BCUT2D eigenvalue weighted by Gasteiger charge is 2.33. The lowest BCUT2D eigenvalue weighted by Gasteiger charge is -2.33. The quantitative estimate of drug-likeness (QED) is 0.337. The Labute approximate surface area is 231 Å². The summed E-state index contributed by atoms with van der Waals surface area (Å²) in [4.78, 5) is 28.6. The lowest BCUT2D eigenvalue weighted by Crippen LogP contribution is -2.52. The van der Waals surface area contributed by atoms with Gasteiger partial charge < -0.3 is 15.0 Å². The number of ether oxygens (including phenoxy) is 1. The molecule has 3 aromatic carbocycles. The van der Waals surface area contributed by atoms with Crippen molar-refractivity contribution >= 4 is 27.5 Å². The van der Waals surface area contributed by atoms with Crippen LogP contribution in [-0.4, -0.2) is 51.4 Å². The monoisotopic (exact) mass is 551 g/mol. The molecule has 39 heavy (non-hydrogen) atoms. The van der Waals surface area contributed by atoms with E-state index in [4.69, 9.17) is 4.74 Å². The predicted octanol–water partition coefficient (Wildman–Crippen LogP) is 4.53. The number of aryl methyl sites for hydroxylation is 1. The van der Waals surface area contributed by atoms with Gasteiger partial charge in [-0.3, -0.25) is 13.9 Å². The predicted molar refractivity (Wildman–Crippen MR) is 153 cm³/mol. The van der Waals surface area contributed by atoms with E-state index in [1.165, 1.54) is 17.0 Å². The van der Waals surface area contributed by atoms with Crippen molar-refractivity contribution in [2.75, 3.05) is 24.5 Å². The smallest absolute Gasteiger partial charge is 0.264 e. The number of para-hydroxylation sites is 1. The summed E-state index contributed by atoms with van der Waals surface area (Å²) < 4.78 is 34.0. The third-order valence-corrected chi connectivity index (χ3v) is 8.17. The Morgan fingerprint density at radius 2 is 1.56 bits per heavy atom. The van der Waals surface area contributed by atoms with Crippen molar-refractivity contribution in [3.63, 3.8) is 0 Å². The minimum atomic E-state index is -4.08. The van der Waals surface area contributed by atoms with Crippen LogP contribution in [0, 0.1) is 6.92 Å². The highest BCUT2D eigenvalue weighted by molar-refractivity contribution is 7.92. The summed E-state index contributed by atoms with van der Waals surface area (Å²) in [6.07, 6.45) is 1.12. The lowest BCUT2D eigenvalue weighted by molar-refractivity contribution is -0.140. The Bertz CT molecular complexity index is 1330. The van der Waals surface area contributed by atoms with Crippen LogP contribution in [0.25, 0.3) is 0 Å². The molecule has 0 unspecified atom stereocenters. The van der Waals surface area contributed by atoms with Crippen molar-refractivity contribution < 1.29 is 22.7 Å². The summed E-state index contributed by atoms with van der Waals surface area (Å²) in [7, 11) is -2.51. The number of anilines is 1. The number of amides is 2. The molecule has 0 saturated carbocycles. The molecule has 2 amide bonds. The van der Waals surface area contributed by atoms with Gasteiger partial charge in [-0.1, -0.05) is 61.9 Å². The van der Waals surface area contributed by atoms with Gasteiger partial charge in [0.05, 0.1) is 17.7 Å². The van der Waals surface area contributed by atoms with Gasteiger partial charge in [-0.25, -0.2) is 8.42 Å². The molecule has 0 bridgehead atoms. The molecule has 0 aromatic heterocycles. The summed E-state index contributed by atoms with van der Waals surface area (Å²) in [6, 6.07) is 21.5. The van der Waals surface area contributed by atoms with Crippen molar-refractivity contribution in [3.05, 3.63) is 90.0 Å². The Balaban J connectivity index is 2.01. The van der Waals surface area contributed by atoms with Crippen molar-refractivity contribution in [1.29, 1.82) is 0 Å². The van der Waals surface area contributed by atoms with Crippen molar-refractivity contribution in [2.45, 2.75) is 51.1 Å². The number of carbonyl (C=O) groups excluding carboxylic acids is 2. The highest BCUT2D eigenvalue weighted by atomic mass is 32.2. The van der Waals surface area contributed by atoms with Crippen LogP contribution in [0.3, 0.4) is 0 Å². The van der Waals surface area contributed by atoms with Gasteiger partial charge in [0, 0.05) is 13.1 Å². The minimum Gasteiger partial charge on any atom is -0.497 e. The van der Waals surface area contributed by atoms with Gasteiger partial charge in [-0.05, 0) is 61.7 Å².